The molecule has 1 aromatic carbocycles. The maximum Gasteiger partial charge on any atom is 0.347 e. The minimum Gasteiger partial charge on any atom is -0.477 e. The zero-order valence-corrected chi connectivity index (χ0v) is 11.4. The first-order valence-corrected chi connectivity index (χ1v) is 6.88. The van der Waals surface area contributed by atoms with Crippen LogP contribution in [0.5, 0.6) is 0 Å². The van der Waals surface area contributed by atoms with Gasteiger partial charge in [-0.05, 0) is 25.3 Å². The highest BCUT2D eigenvalue weighted by molar-refractivity contribution is 7.11. The molecule has 2 rings (SSSR count). The van der Waals surface area contributed by atoms with E-state index in [1.165, 1.54) is 5.56 Å². The van der Waals surface area contributed by atoms with E-state index in [0.29, 0.717) is 12.2 Å². The van der Waals surface area contributed by atoms with Crippen LogP contribution in [0, 0.1) is 6.92 Å². The third kappa shape index (κ3) is 3.12. The largest absolute Gasteiger partial charge is 0.477 e. The molecule has 19 heavy (non-hydrogen) atoms. The standard InChI is InChI=1S/C14H15NO3S/c1-10-12(13(16)17)19-14(18)15(10)9-5-8-11-6-3-2-4-7-11/h2-4,6-7H,5,8-9H2,1H3,(H,16,17). The van der Waals surface area contributed by atoms with Crippen molar-refractivity contribution in [2.75, 3.05) is 0 Å². The summed E-state index contributed by atoms with van der Waals surface area (Å²) in [6.07, 6.45) is 1.70. The number of aromatic nitrogens is 1. The quantitative estimate of drug-likeness (QED) is 0.913. The van der Waals surface area contributed by atoms with Gasteiger partial charge >= 0.3 is 10.8 Å². The summed E-state index contributed by atoms with van der Waals surface area (Å²) in [5, 5.41) is 8.97. The lowest BCUT2D eigenvalue weighted by Crippen LogP contribution is -2.15. The first-order chi connectivity index (χ1) is 9.09. The van der Waals surface area contributed by atoms with Crippen LogP contribution in [0.4, 0.5) is 0 Å². The summed E-state index contributed by atoms with van der Waals surface area (Å²) in [4.78, 5) is 22.6. The maximum absolute atomic E-state index is 11.7. The first-order valence-electron chi connectivity index (χ1n) is 6.07. The van der Waals surface area contributed by atoms with Gasteiger partial charge in [0.2, 0.25) is 0 Å². The smallest absolute Gasteiger partial charge is 0.347 e. The van der Waals surface area contributed by atoms with Crippen LogP contribution in [-0.2, 0) is 13.0 Å². The number of nitrogens with zero attached hydrogens (tertiary/aromatic N) is 1. The van der Waals surface area contributed by atoms with Gasteiger partial charge in [-0.25, -0.2) is 4.79 Å². The monoisotopic (exact) mass is 277 g/mol. The highest BCUT2D eigenvalue weighted by Crippen LogP contribution is 2.12. The van der Waals surface area contributed by atoms with Crippen molar-refractivity contribution in [1.82, 2.24) is 4.57 Å². The molecule has 0 amide bonds. The van der Waals surface area contributed by atoms with Gasteiger partial charge in [0.25, 0.3) is 0 Å². The van der Waals surface area contributed by atoms with E-state index in [9.17, 15) is 9.59 Å². The SMILES string of the molecule is Cc1c(C(=O)O)sc(=O)n1CCCc1ccccc1. The van der Waals surface area contributed by atoms with Crippen LogP contribution in [0.25, 0.3) is 0 Å². The van der Waals surface area contributed by atoms with E-state index in [0.717, 1.165) is 24.2 Å². The van der Waals surface area contributed by atoms with Gasteiger partial charge in [-0.1, -0.05) is 41.7 Å². The average molecular weight is 277 g/mol. The molecule has 0 fully saturated rings. The van der Waals surface area contributed by atoms with Gasteiger partial charge in [0, 0.05) is 12.2 Å². The highest BCUT2D eigenvalue weighted by Gasteiger charge is 2.16. The van der Waals surface area contributed by atoms with E-state index < -0.39 is 5.97 Å². The Labute approximate surface area is 115 Å². The molecular weight excluding hydrogens is 262 g/mol. The van der Waals surface area contributed by atoms with Crippen LogP contribution < -0.4 is 4.87 Å². The van der Waals surface area contributed by atoms with E-state index in [-0.39, 0.29) is 9.75 Å². The Hall–Kier alpha value is -1.88. The number of aryl methyl sites for hydroxylation is 1. The number of carboxylic acids is 1. The number of hydrogen-bond donors (Lipinski definition) is 1. The van der Waals surface area contributed by atoms with Crippen molar-refractivity contribution in [3.8, 4) is 0 Å². The summed E-state index contributed by atoms with van der Waals surface area (Å²) in [7, 11) is 0. The number of carboxylic acid groups (broad SMARTS) is 1. The molecule has 0 aliphatic carbocycles. The second-order valence-electron chi connectivity index (χ2n) is 4.33. The van der Waals surface area contributed by atoms with Crippen LogP contribution in [0.2, 0.25) is 0 Å². The van der Waals surface area contributed by atoms with E-state index in [1.54, 1.807) is 11.5 Å². The molecule has 5 heteroatoms. The van der Waals surface area contributed by atoms with Crippen LogP contribution in [0.3, 0.4) is 0 Å². The Balaban J connectivity index is 2.04. The molecule has 0 spiro atoms. The van der Waals surface area contributed by atoms with Crippen molar-refractivity contribution >= 4 is 17.3 Å². The van der Waals surface area contributed by atoms with Gasteiger partial charge in [0.15, 0.2) is 0 Å². The molecule has 1 heterocycles. The third-order valence-corrected chi connectivity index (χ3v) is 4.10. The van der Waals surface area contributed by atoms with Gasteiger partial charge in [-0.15, -0.1) is 0 Å². The summed E-state index contributed by atoms with van der Waals surface area (Å²) in [6.45, 7) is 2.24. The molecule has 0 aliphatic heterocycles. The Bertz CT molecular complexity index is 628. The number of carbonyl (C=O) groups is 1. The fraction of sp³-hybridized carbons (Fsp3) is 0.286. The minimum absolute atomic E-state index is 0.143. The molecule has 1 N–H and O–H groups in total. The van der Waals surface area contributed by atoms with Gasteiger partial charge in [0.05, 0.1) is 0 Å². The Kier molecular flexibility index (Phi) is 4.16. The van der Waals surface area contributed by atoms with Crippen molar-refractivity contribution < 1.29 is 9.90 Å². The van der Waals surface area contributed by atoms with Crippen molar-refractivity contribution in [1.29, 1.82) is 0 Å². The molecule has 100 valence electrons. The summed E-state index contributed by atoms with van der Waals surface area (Å²) in [6, 6.07) is 10.0. The lowest BCUT2D eigenvalue weighted by Gasteiger charge is -2.05. The summed E-state index contributed by atoms with van der Waals surface area (Å²) < 4.78 is 1.55. The van der Waals surface area contributed by atoms with E-state index in [4.69, 9.17) is 5.11 Å². The van der Waals surface area contributed by atoms with Gasteiger partial charge < -0.3 is 9.67 Å². The van der Waals surface area contributed by atoms with Crippen molar-refractivity contribution in [2.45, 2.75) is 26.3 Å². The van der Waals surface area contributed by atoms with E-state index in [2.05, 4.69) is 0 Å². The van der Waals surface area contributed by atoms with E-state index >= 15 is 0 Å². The topological polar surface area (TPSA) is 59.3 Å². The average Bonchev–Trinajstić information content (AvgIpc) is 2.68. The van der Waals surface area contributed by atoms with Crippen LogP contribution >= 0.6 is 11.3 Å². The number of benzene rings is 1. The maximum atomic E-state index is 11.7. The Morgan fingerprint density at radius 2 is 2.00 bits per heavy atom. The second kappa shape index (κ2) is 5.84. The molecule has 4 nitrogen and oxygen atoms in total. The first kappa shape index (κ1) is 13.5. The number of hydrogen-bond acceptors (Lipinski definition) is 3. The lowest BCUT2D eigenvalue weighted by molar-refractivity contribution is 0.0700. The molecular formula is C14H15NO3S. The van der Waals surface area contributed by atoms with Crippen LogP contribution in [-0.4, -0.2) is 15.6 Å². The molecule has 1 aromatic heterocycles. The van der Waals surface area contributed by atoms with E-state index in [1.807, 2.05) is 30.3 Å². The van der Waals surface area contributed by atoms with Gasteiger partial charge in [-0.3, -0.25) is 4.79 Å². The van der Waals surface area contributed by atoms with Crippen molar-refractivity contribution in [2.24, 2.45) is 0 Å². The Morgan fingerprint density at radius 3 is 2.58 bits per heavy atom. The molecule has 0 unspecified atom stereocenters. The van der Waals surface area contributed by atoms with Crippen LogP contribution in [0.15, 0.2) is 35.1 Å². The second-order valence-corrected chi connectivity index (χ2v) is 5.29. The third-order valence-electron chi connectivity index (χ3n) is 3.03. The molecule has 0 saturated heterocycles. The molecule has 0 aliphatic rings. The fourth-order valence-corrected chi connectivity index (χ4v) is 2.88. The summed E-state index contributed by atoms with van der Waals surface area (Å²) in [5.41, 5.74) is 1.78. The number of rotatable bonds is 5. The van der Waals surface area contributed by atoms with Gasteiger partial charge in [-0.2, -0.15) is 0 Å². The molecule has 0 radical (unpaired) electrons. The molecule has 0 atom stereocenters. The van der Waals surface area contributed by atoms with Gasteiger partial charge in [0.1, 0.15) is 4.88 Å². The number of thiazole rings is 1. The predicted octanol–water partition coefficient (Wildman–Crippen LogP) is 2.55. The zero-order chi connectivity index (χ0) is 13.8. The normalized spacial score (nSPS) is 10.6. The van der Waals surface area contributed by atoms with Crippen molar-refractivity contribution in [3.63, 3.8) is 0 Å². The predicted molar refractivity (Wildman–Crippen MR) is 75.0 cm³/mol. The number of aromatic carboxylic acids is 1. The zero-order valence-electron chi connectivity index (χ0n) is 10.6. The molecule has 0 bridgehead atoms. The summed E-state index contributed by atoms with van der Waals surface area (Å²) >= 11 is 0.803. The summed E-state index contributed by atoms with van der Waals surface area (Å²) in [5.74, 6) is -1.03. The molecule has 2 aromatic rings. The van der Waals surface area contributed by atoms with Crippen LogP contribution in [0.1, 0.15) is 27.3 Å². The molecule has 0 saturated carbocycles. The Morgan fingerprint density at radius 1 is 1.32 bits per heavy atom. The minimum atomic E-state index is -1.03. The highest BCUT2D eigenvalue weighted by atomic mass is 32.1. The fourth-order valence-electron chi connectivity index (χ4n) is 2.02. The van der Waals surface area contributed by atoms with Crippen molar-refractivity contribution in [3.05, 3.63) is 56.1 Å². The lowest BCUT2D eigenvalue weighted by atomic mass is 10.1.